The van der Waals surface area contributed by atoms with Gasteiger partial charge in [-0.2, -0.15) is 0 Å². The summed E-state index contributed by atoms with van der Waals surface area (Å²) in [6.45, 7) is 2.54. The zero-order chi connectivity index (χ0) is 17.2. The minimum absolute atomic E-state index is 0.348. The van der Waals surface area contributed by atoms with Crippen molar-refractivity contribution in [1.82, 2.24) is 0 Å². The van der Waals surface area contributed by atoms with E-state index in [4.69, 9.17) is 9.47 Å². The van der Waals surface area contributed by atoms with Gasteiger partial charge < -0.3 is 9.47 Å². The van der Waals surface area contributed by atoms with Crippen molar-refractivity contribution < 1.29 is 14.3 Å². The summed E-state index contributed by atoms with van der Waals surface area (Å²) in [5, 5.41) is 0. The maximum absolute atomic E-state index is 12.3. The minimum atomic E-state index is -0.348. The zero-order valence-electron chi connectivity index (χ0n) is 14.4. The summed E-state index contributed by atoms with van der Waals surface area (Å²) in [4.78, 5) is 12.3. The van der Waals surface area contributed by atoms with Crippen LogP contribution in [-0.4, -0.2) is 12.6 Å². The molecule has 2 bridgehead atoms. The summed E-state index contributed by atoms with van der Waals surface area (Å²) in [7, 11) is 0. The van der Waals surface area contributed by atoms with Crippen LogP contribution in [0, 0.1) is 11.8 Å². The molecule has 4 rings (SSSR count). The first-order chi connectivity index (χ1) is 12.2. The Balaban J connectivity index is 1.40. The highest BCUT2D eigenvalue weighted by molar-refractivity contribution is 5.91. The number of fused-ring (bicyclic) bond motifs is 2. The number of hydrogen-bond donors (Lipinski definition) is 0. The number of hydrogen-bond acceptors (Lipinski definition) is 3. The average Bonchev–Trinajstić information content (AvgIpc) is 3.27. The molecule has 3 nitrogen and oxygen atoms in total. The Labute approximate surface area is 148 Å². The maximum atomic E-state index is 12.3. The van der Waals surface area contributed by atoms with Gasteiger partial charge in [-0.15, -0.1) is 0 Å². The lowest BCUT2D eigenvalue weighted by atomic mass is 9.87. The summed E-state index contributed by atoms with van der Waals surface area (Å²) in [5.41, 5.74) is 1.86. The van der Waals surface area contributed by atoms with Gasteiger partial charge in [-0.05, 0) is 79.5 Å². The number of carbonyl (C=O) groups is 1. The summed E-state index contributed by atoms with van der Waals surface area (Å²) in [5.74, 6) is 3.04. The standard InChI is InChI=1S/C22H22O3/c1-2-24-19-9-7-17(8-10-19)22(23)25-20-11-5-16(6-12-20)21-14-15-3-4-18(21)13-15/h3-12,15,18,21H,2,13-14H2,1H3. The molecule has 1 saturated carbocycles. The molecule has 0 amide bonds. The fraction of sp³-hybridized carbons (Fsp3) is 0.318. The predicted octanol–water partition coefficient (Wildman–Crippen LogP) is 4.98. The van der Waals surface area contributed by atoms with Crippen LogP contribution in [0.3, 0.4) is 0 Å². The first-order valence-corrected chi connectivity index (χ1v) is 8.96. The van der Waals surface area contributed by atoms with Crippen molar-refractivity contribution in [3.05, 3.63) is 71.8 Å². The van der Waals surface area contributed by atoms with Crippen LogP contribution in [0.4, 0.5) is 0 Å². The van der Waals surface area contributed by atoms with Gasteiger partial charge in [0.15, 0.2) is 0 Å². The topological polar surface area (TPSA) is 35.5 Å². The molecule has 2 aromatic rings. The third kappa shape index (κ3) is 3.32. The lowest BCUT2D eigenvalue weighted by Crippen LogP contribution is -2.09. The molecule has 0 heterocycles. The molecule has 0 aliphatic heterocycles. The smallest absolute Gasteiger partial charge is 0.343 e. The first kappa shape index (κ1) is 15.9. The van der Waals surface area contributed by atoms with E-state index >= 15 is 0 Å². The van der Waals surface area contributed by atoms with E-state index in [1.54, 1.807) is 24.3 Å². The van der Waals surface area contributed by atoms with E-state index in [0.29, 0.717) is 29.8 Å². The highest BCUT2D eigenvalue weighted by Crippen LogP contribution is 2.48. The van der Waals surface area contributed by atoms with E-state index < -0.39 is 0 Å². The van der Waals surface area contributed by atoms with E-state index in [2.05, 4.69) is 24.3 Å². The van der Waals surface area contributed by atoms with Crippen molar-refractivity contribution in [2.75, 3.05) is 6.61 Å². The monoisotopic (exact) mass is 334 g/mol. The van der Waals surface area contributed by atoms with Gasteiger partial charge in [0.05, 0.1) is 12.2 Å². The lowest BCUT2D eigenvalue weighted by molar-refractivity contribution is 0.0734. The Hall–Kier alpha value is -2.55. The minimum Gasteiger partial charge on any atom is -0.494 e. The summed E-state index contributed by atoms with van der Waals surface area (Å²) >= 11 is 0. The van der Waals surface area contributed by atoms with E-state index in [1.165, 1.54) is 18.4 Å². The Morgan fingerprint density at radius 2 is 1.68 bits per heavy atom. The third-order valence-corrected chi connectivity index (χ3v) is 5.20. The van der Waals surface area contributed by atoms with Crippen LogP contribution < -0.4 is 9.47 Å². The van der Waals surface area contributed by atoms with Gasteiger partial charge in [0, 0.05) is 0 Å². The highest BCUT2D eigenvalue weighted by Gasteiger charge is 2.36. The van der Waals surface area contributed by atoms with E-state index in [-0.39, 0.29) is 5.97 Å². The van der Waals surface area contributed by atoms with E-state index in [0.717, 1.165) is 11.7 Å². The van der Waals surface area contributed by atoms with Gasteiger partial charge in [-0.25, -0.2) is 4.79 Å². The van der Waals surface area contributed by atoms with Crippen molar-refractivity contribution in [3.8, 4) is 11.5 Å². The summed E-state index contributed by atoms with van der Waals surface area (Å²) in [6, 6.07) is 15.0. The normalized spacial score (nSPS) is 23.6. The predicted molar refractivity (Wildman–Crippen MR) is 97.1 cm³/mol. The van der Waals surface area contributed by atoms with Crippen molar-refractivity contribution in [1.29, 1.82) is 0 Å². The number of allylic oxidation sites excluding steroid dienone is 2. The molecule has 0 aromatic heterocycles. The Morgan fingerprint density at radius 1 is 0.960 bits per heavy atom. The molecular weight excluding hydrogens is 312 g/mol. The molecule has 2 aliphatic carbocycles. The Kier molecular flexibility index (Phi) is 4.31. The Morgan fingerprint density at radius 3 is 2.28 bits per heavy atom. The number of rotatable bonds is 5. The van der Waals surface area contributed by atoms with Gasteiger partial charge in [0.1, 0.15) is 11.5 Å². The molecule has 128 valence electrons. The molecular formula is C22H22O3. The van der Waals surface area contributed by atoms with Crippen LogP contribution in [-0.2, 0) is 0 Å². The molecule has 0 saturated heterocycles. The molecule has 0 spiro atoms. The first-order valence-electron chi connectivity index (χ1n) is 8.96. The van der Waals surface area contributed by atoms with Gasteiger partial charge in [-0.3, -0.25) is 0 Å². The molecule has 25 heavy (non-hydrogen) atoms. The molecule has 0 radical (unpaired) electrons. The summed E-state index contributed by atoms with van der Waals surface area (Å²) < 4.78 is 10.9. The van der Waals surface area contributed by atoms with Gasteiger partial charge in [0.25, 0.3) is 0 Å². The quantitative estimate of drug-likeness (QED) is 0.439. The molecule has 3 atom stereocenters. The molecule has 2 aromatic carbocycles. The highest BCUT2D eigenvalue weighted by atomic mass is 16.5. The van der Waals surface area contributed by atoms with Gasteiger partial charge in [-0.1, -0.05) is 24.3 Å². The fourth-order valence-electron chi connectivity index (χ4n) is 3.97. The van der Waals surface area contributed by atoms with Crippen LogP contribution in [0.25, 0.3) is 0 Å². The molecule has 3 heteroatoms. The number of benzene rings is 2. The fourth-order valence-corrected chi connectivity index (χ4v) is 3.97. The van der Waals surface area contributed by atoms with E-state index in [9.17, 15) is 4.79 Å². The third-order valence-electron chi connectivity index (χ3n) is 5.20. The van der Waals surface area contributed by atoms with Crippen LogP contribution in [0.2, 0.25) is 0 Å². The molecule has 0 N–H and O–H groups in total. The van der Waals surface area contributed by atoms with Gasteiger partial charge in [0.2, 0.25) is 0 Å². The van der Waals surface area contributed by atoms with Crippen molar-refractivity contribution in [2.24, 2.45) is 11.8 Å². The second-order valence-electron chi connectivity index (χ2n) is 6.80. The second kappa shape index (κ2) is 6.75. The Bertz CT molecular complexity index is 774. The number of esters is 1. The van der Waals surface area contributed by atoms with Gasteiger partial charge >= 0.3 is 5.97 Å². The van der Waals surface area contributed by atoms with Crippen LogP contribution >= 0.6 is 0 Å². The zero-order valence-corrected chi connectivity index (χ0v) is 14.4. The van der Waals surface area contributed by atoms with E-state index in [1.807, 2.05) is 19.1 Å². The molecule has 2 aliphatic rings. The SMILES string of the molecule is CCOc1ccc(C(=O)Oc2ccc(C3CC4C=CC3C4)cc2)cc1. The number of carbonyl (C=O) groups excluding carboxylic acids is 1. The van der Waals surface area contributed by atoms with Crippen molar-refractivity contribution >= 4 is 5.97 Å². The van der Waals surface area contributed by atoms with Crippen LogP contribution in [0.15, 0.2) is 60.7 Å². The average molecular weight is 334 g/mol. The summed E-state index contributed by atoms with van der Waals surface area (Å²) in [6.07, 6.45) is 7.25. The lowest BCUT2D eigenvalue weighted by Gasteiger charge is -2.18. The molecule has 1 fully saturated rings. The van der Waals surface area contributed by atoms with Crippen molar-refractivity contribution in [2.45, 2.75) is 25.7 Å². The van der Waals surface area contributed by atoms with Crippen molar-refractivity contribution in [3.63, 3.8) is 0 Å². The molecule has 3 unspecified atom stereocenters. The second-order valence-corrected chi connectivity index (χ2v) is 6.80. The number of ether oxygens (including phenoxy) is 2. The maximum Gasteiger partial charge on any atom is 0.343 e. The van der Waals surface area contributed by atoms with Crippen LogP contribution in [0.5, 0.6) is 11.5 Å². The van der Waals surface area contributed by atoms with Crippen LogP contribution in [0.1, 0.15) is 41.6 Å². The largest absolute Gasteiger partial charge is 0.494 e.